The first-order valence-electron chi connectivity index (χ1n) is 8.48. The van der Waals surface area contributed by atoms with Crippen LogP contribution >= 0.6 is 0 Å². The van der Waals surface area contributed by atoms with E-state index in [1.165, 1.54) is 64.5 Å². The zero-order valence-electron chi connectivity index (χ0n) is 14.0. The second-order valence-electron chi connectivity index (χ2n) is 6.77. The van der Waals surface area contributed by atoms with Crippen LogP contribution in [0.1, 0.15) is 79.1 Å². The Bertz CT molecular complexity index is 190. The summed E-state index contributed by atoms with van der Waals surface area (Å²) in [7, 11) is 0. The highest BCUT2D eigenvalue weighted by Gasteiger charge is 2.19. The van der Waals surface area contributed by atoms with Crippen molar-refractivity contribution >= 4 is 0 Å². The van der Waals surface area contributed by atoms with Crippen LogP contribution < -0.4 is 5.73 Å². The van der Waals surface area contributed by atoms with E-state index in [0.717, 1.165) is 13.1 Å². The molecule has 2 heteroatoms. The fraction of sp³-hybridized carbons (Fsp3) is 1.00. The summed E-state index contributed by atoms with van der Waals surface area (Å²) in [5, 5.41) is 0. The number of rotatable bonds is 13. The van der Waals surface area contributed by atoms with Crippen molar-refractivity contribution in [2.45, 2.75) is 79.1 Å². The number of nitrogens with two attached hydrogens (primary N) is 1. The molecule has 2 nitrogen and oxygen atoms in total. The number of hydrogen-bond acceptors (Lipinski definition) is 2. The fourth-order valence-corrected chi connectivity index (χ4v) is 2.55. The molecule has 116 valence electrons. The molecule has 0 atom stereocenters. The van der Waals surface area contributed by atoms with Crippen LogP contribution in [0.2, 0.25) is 0 Å². The first-order chi connectivity index (χ1) is 9.05. The molecule has 0 aliphatic heterocycles. The van der Waals surface area contributed by atoms with Gasteiger partial charge in [0.2, 0.25) is 0 Å². The normalized spacial score (nSPS) is 12.3. The molecule has 2 N–H and O–H groups in total. The summed E-state index contributed by atoms with van der Waals surface area (Å²) in [4.78, 5) is 2.61. The van der Waals surface area contributed by atoms with Gasteiger partial charge in [-0.1, -0.05) is 66.2 Å². The lowest BCUT2D eigenvalue weighted by molar-refractivity contribution is 0.179. The topological polar surface area (TPSA) is 29.3 Å². The quantitative estimate of drug-likeness (QED) is 0.502. The molecule has 0 bridgehead atoms. The van der Waals surface area contributed by atoms with Crippen LogP contribution in [0.3, 0.4) is 0 Å². The van der Waals surface area contributed by atoms with Crippen LogP contribution in [0.25, 0.3) is 0 Å². The van der Waals surface area contributed by atoms with E-state index in [1.54, 1.807) is 0 Å². The van der Waals surface area contributed by atoms with Crippen molar-refractivity contribution in [1.82, 2.24) is 4.90 Å². The molecule has 19 heavy (non-hydrogen) atoms. The molecule has 0 fully saturated rings. The predicted octanol–water partition coefficient (Wildman–Crippen LogP) is 4.43. The molecule has 0 spiro atoms. The lowest BCUT2D eigenvalue weighted by Crippen LogP contribution is -2.39. The average Bonchev–Trinajstić information content (AvgIpc) is 2.37. The highest BCUT2D eigenvalue weighted by atomic mass is 15.1. The summed E-state index contributed by atoms with van der Waals surface area (Å²) in [5.41, 5.74) is 6.11. The smallest absolute Gasteiger partial charge is 0.00447 e. The minimum atomic E-state index is 0.260. The summed E-state index contributed by atoms with van der Waals surface area (Å²) in [5.74, 6) is 0. The summed E-state index contributed by atoms with van der Waals surface area (Å²) in [6.45, 7) is 13.5. The molecular weight excluding hydrogens is 232 g/mol. The van der Waals surface area contributed by atoms with Crippen molar-refractivity contribution in [3.63, 3.8) is 0 Å². The molecule has 0 aromatic heterocycles. The lowest BCUT2D eigenvalue weighted by atomic mass is 9.93. The molecule has 0 amide bonds. The molecule has 0 aliphatic rings. The fourth-order valence-electron chi connectivity index (χ4n) is 2.55. The van der Waals surface area contributed by atoms with E-state index in [0.29, 0.717) is 0 Å². The van der Waals surface area contributed by atoms with E-state index in [4.69, 9.17) is 5.73 Å². The molecule has 0 aliphatic carbocycles. The standard InChI is InChI=1S/C17H38N2/c1-5-7-8-9-10-11-12-14-19(13-6-2)16-17(3,4)15-18/h5-16,18H2,1-4H3. The molecule has 0 aromatic rings. The minimum Gasteiger partial charge on any atom is -0.330 e. The van der Waals surface area contributed by atoms with Gasteiger partial charge in [0.25, 0.3) is 0 Å². The monoisotopic (exact) mass is 270 g/mol. The molecule has 0 radical (unpaired) electrons. The maximum atomic E-state index is 5.85. The van der Waals surface area contributed by atoms with Gasteiger partial charge in [0.05, 0.1) is 0 Å². The molecule has 0 aromatic carbocycles. The van der Waals surface area contributed by atoms with E-state index in [1.807, 2.05) is 0 Å². The summed E-state index contributed by atoms with van der Waals surface area (Å²) >= 11 is 0. The summed E-state index contributed by atoms with van der Waals surface area (Å²) < 4.78 is 0. The third kappa shape index (κ3) is 11.4. The molecule has 0 unspecified atom stereocenters. The van der Waals surface area contributed by atoms with Crippen LogP contribution in [0, 0.1) is 5.41 Å². The third-order valence-electron chi connectivity index (χ3n) is 3.82. The Morgan fingerprint density at radius 2 is 1.37 bits per heavy atom. The van der Waals surface area contributed by atoms with Gasteiger partial charge < -0.3 is 10.6 Å². The zero-order chi connectivity index (χ0) is 14.6. The van der Waals surface area contributed by atoms with Crippen molar-refractivity contribution in [1.29, 1.82) is 0 Å². The largest absolute Gasteiger partial charge is 0.330 e. The maximum Gasteiger partial charge on any atom is 0.00447 e. The van der Waals surface area contributed by atoms with Crippen LogP contribution in [0.4, 0.5) is 0 Å². The number of nitrogens with zero attached hydrogens (tertiary/aromatic N) is 1. The van der Waals surface area contributed by atoms with Gasteiger partial charge in [-0.2, -0.15) is 0 Å². The second kappa shape index (κ2) is 11.7. The van der Waals surface area contributed by atoms with Crippen molar-refractivity contribution in [3.8, 4) is 0 Å². The SMILES string of the molecule is CCCCCCCCCN(CCC)CC(C)(C)CN. The zero-order valence-corrected chi connectivity index (χ0v) is 14.0. The van der Waals surface area contributed by atoms with Crippen molar-refractivity contribution in [2.75, 3.05) is 26.2 Å². The summed E-state index contributed by atoms with van der Waals surface area (Å²) in [6.07, 6.45) is 11.0. The van der Waals surface area contributed by atoms with Crippen LogP contribution in [0.15, 0.2) is 0 Å². The molecule has 0 heterocycles. The predicted molar refractivity (Wildman–Crippen MR) is 87.6 cm³/mol. The number of hydrogen-bond donors (Lipinski definition) is 1. The summed E-state index contributed by atoms with van der Waals surface area (Å²) in [6, 6.07) is 0. The highest BCUT2D eigenvalue weighted by molar-refractivity contribution is 4.74. The van der Waals surface area contributed by atoms with Crippen molar-refractivity contribution < 1.29 is 0 Å². The van der Waals surface area contributed by atoms with Gasteiger partial charge in [-0.3, -0.25) is 0 Å². The van der Waals surface area contributed by atoms with E-state index in [-0.39, 0.29) is 5.41 Å². The highest BCUT2D eigenvalue weighted by Crippen LogP contribution is 2.16. The Kier molecular flexibility index (Phi) is 11.7. The molecule has 0 saturated heterocycles. The van der Waals surface area contributed by atoms with Gasteiger partial charge >= 0.3 is 0 Å². The van der Waals surface area contributed by atoms with Gasteiger partial charge in [-0.25, -0.2) is 0 Å². The molecular formula is C17H38N2. The Morgan fingerprint density at radius 1 is 0.789 bits per heavy atom. The van der Waals surface area contributed by atoms with Gasteiger partial charge in [0.15, 0.2) is 0 Å². The second-order valence-corrected chi connectivity index (χ2v) is 6.77. The Morgan fingerprint density at radius 3 is 1.89 bits per heavy atom. The Balaban J connectivity index is 3.70. The number of unbranched alkanes of at least 4 members (excludes halogenated alkanes) is 6. The van der Waals surface area contributed by atoms with E-state index in [9.17, 15) is 0 Å². The van der Waals surface area contributed by atoms with Crippen molar-refractivity contribution in [3.05, 3.63) is 0 Å². The van der Waals surface area contributed by atoms with E-state index in [2.05, 4.69) is 32.6 Å². The van der Waals surface area contributed by atoms with Gasteiger partial charge in [0, 0.05) is 6.54 Å². The van der Waals surface area contributed by atoms with Crippen LogP contribution in [0.5, 0.6) is 0 Å². The Hall–Kier alpha value is -0.0800. The minimum absolute atomic E-state index is 0.260. The van der Waals surface area contributed by atoms with E-state index >= 15 is 0 Å². The van der Waals surface area contributed by atoms with Crippen molar-refractivity contribution in [2.24, 2.45) is 11.1 Å². The van der Waals surface area contributed by atoms with Gasteiger partial charge in [-0.15, -0.1) is 0 Å². The molecule has 0 saturated carbocycles. The maximum absolute atomic E-state index is 5.85. The van der Waals surface area contributed by atoms with Gasteiger partial charge in [0.1, 0.15) is 0 Å². The first kappa shape index (κ1) is 18.9. The van der Waals surface area contributed by atoms with Crippen LogP contribution in [-0.2, 0) is 0 Å². The first-order valence-corrected chi connectivity index (χ1v) is 8.48. The Labute approximate surface area is 122 Å². The van der Waals surface area contributed by atoms with Crippen LogP contribution in [-0.4, -0.2) is 31.1 Å². The van der Waals surface area contributed by atoms with Gasteiger partial charge in [-0.05, 0) is 37.9 Å². The average molecular weight is 271 g/mol. The molecule has 0 rings (SSSR count). The lowest BCUT2D eigenvalue weighted by Gasteiger charge is -2.31. The van der Waals surface area contributed by atoms with E-state index < -0.39 is 0 Å². The third-order valence-corrected chi connectivity index (χ3v) is 3.82.